The maximum atomic E-state index is 6.06. The Hall–Kier alpha value is -0.930. The van der Waals surface area contributed by atoms with Gasteiger partial charge in [-0.2, -0.15) is 0 Å². The van der Waals surface area contributed by atoms with Crippen LogP contribution in [-0.4, -0.2) is 29.0 Å². The average molecular weight is 221 g/mol. The first-order valence-corrected chi connectivity index (χ1v) is 6.13. The molecule has 0 saturated heterocycles. The van der Waals surface area contributed by atoms with Crippen LogP contribution in [0.25, 0.3) is 0 Å². The van der Waals surface area contributed by atoms with E-state index in [9.17, 15) is 0 Å². The van der Waals surface area contributed by atoms with Crippen molar-refractivity contribution in [1.82, 2.24) is 9.88 Å². The van der Waals surface area contributed by atoms with Crippen molar-refractivity contribution in [2.24, 2.45) is 5.73 Å². The molecule has 1 atom stereocenters. The zero-order valence-corrected chi connectivity index (χ0v) is 10.4. The molecule has 1 rings (SSSR count). The second kappa shape index (κ2) is 7.36. The molecule has 0 radical (unpaired) electrons. The highest BCUT2D eigenvalue weighted by molar-refractivity contribution is 5.09. The SMILES string of the molecule is CCC[C@@H](N)CN(CC)Cc1ccncc1. The van der Waals surface area contributed by atoms with E-state index in [-0.39, 0.29) is 0 Å². The van der Waals surface area contributed by atoms with Crippen molar-refractivity contribution in [2.75, 3.05) is 13.1 Å². The van der Waals surface area contributed by atoms with Crippen LogP contribution in [0.4, 0.5) is 0 Å². The van der Waals surface area contributed by atoms with E-state index in [4.69, 9.17) is 5.73 Å². The molecule has 0 unspecified atom stereocenters. The maximum absolute atomic E-state index is 6.06. The number of hydrogen-bond acceptors (Lipinski definition) is 3. The highest BCUT2D eigenvalue weighted by Crippen LogP contribution is 2.05. The highest BCUT2D eigenvalue weighted by Gasteiger charge is 2.08. The fraction of sp³-hybridized carbons (Fsp3) is 0.615. The van der Waals surface area contributed by atoms with Crippen LogP contribution in [0, 0.1) is 0 Å². The summed E-state index contributed by atoms with van der Waals surface area (Å²) in [5.74, 6) is 0. The smallest absolute Gasteiger partial charge is 0.0271 e. The van der Waals surface area contributed by atoms with E-state index < -0.39 is 0 Å². The molecule has 1 aromatic rings. The van der Waals surface area contributed by atoms with Crippen LogP contribution < -0.4 is 5.73 Å². The van der Waals surface area contributed by atoms with Gasteiger partial charge < -0.3 is 5.73 Å². The summed E-state index contributed by atoms with van der Waals surface area (Å²) < 4.78 is 0. The van der Waals surface area contributed by atoms with Crippen LogP contribution in [0.5, 0.6) is 0 Å². The van der Waals surface area contributed by atoms with Gasteiger partial charge in [0.2, 0.25) is 0 Å². The van der Waals surface area contributed by atoms with Crippen molar-refractivity contribution in [1.29, 1.82) is 0 Å². The van der Waals surface area contributed by atoms with Crippen LogP contribution in [0.1, 0.15) is 32.3 Å². The van der Waals surface area contributed by atoms with Crippen molar-refractivity contribution in [3.8, 4) is 0 Å². The Morgan fingerprint density at radius 1 is 1.31 bits per heavy atom. The molecule has 1 aromatic heterocycles. The van der Waals surface area contributed by atoms with Gasteiger partial charge in [0.05, 0.1) is 0 Å². The molecule has 0 aliphatic carbocycles. The van der Waals surface area contributed by atoms with Gasteiger partial charge >= 0.3 is 0 Å². The van der Waals surface area contributed by atoms with Crippen molar-refractivity contribution < 1.29 is 0 Å². The van der Waals surface area contributed by atoms with Crippen LogP contribution in [0.3, 0.4) is 0 Å². The van der Waals surface area contributed by atoms with Crippen LogP contribution in [0.15, 0.2) is 24.5 Å². The highest BCUT2D eigenvalue weighted by atomic mass is 15.1. The quantitative estimate of drug-likeness (QED) is 0.766. The van der Waals surface area contributed by atoms with E-state index in [1.165, 1.54) is 5.56 Å². The third kappa shape index (κ3) is 4.73. The molecule has 0 amide bonds. The lowest BCUT2D eigenvalue weighted by molar-refractivity contribution is 0.256. The number of aromatic nitrogens is 1. The minimum atomic E-state index is 0.298. The summed E-state index contributed by atoms with van der Waals surface area (Å²) >= 11 is 0. The summed E-state index contributed by atoms with van der Waals surface area (Å²) in [5, 5.41) is 0. The minimum Gasteiger partial charge on any atom is -0.327 e. The lowest BCUT2D eigenvalue weighted by Gasteiger charge is -2.24. The van der Waals surface area contributed by atoms with Crippen molar-refractivity contribution in [3.05, 3.63) is 30.1 Å². The monoisotopic (exact) mass is 221 g/mol. The van der Waals surface area contributed by atoms with Gasteiger partial charge in [-0.1, -0.05) is 20.3 Å². The second-order valence-corrected chi connectivity index (χ2v) is 4.23. The molecule has 3 nitrogen and oxygen atoms in total. The first-order valence-electron chi connectivity index (χ1n) is 6.13. The van der Waals surface area contributed by atoms with E-state index >= 15 is 0 Å². The topological polar surface area (TPSA) is 42.1 Å². The molecule has 2 N–H and O–H groups in total. The predicted molar refractivity (Wildman–Crippen MR) is 68.1 cm³/mol. The summed E-state index contributed by atoms with van der Waals surface area (Å²) in [5.41, 5.74) is 7.37. The third-order valence-corrected chi connectivity index (χ3v) is 2.75. The van der Waals surface area contributed by atoms with Crippen LogP contribution in [-0.2, 0) is 6.54 Å². The summed E-state index contributed by atoms with van der Waals surface area (Å²) in [6, 6.07) is 4.42. The van der Waals surface area contributed by atoms with Gasteiger partial charge in [-0.3, -0.25) is 9.88 Å². The molecule has 0 aliphatic heterocycles. The fourth-order valence-electron chi connectivity index (χ4n) is 1.85. The molecule has 16 heavy (non-hydrogen) atoms. The molecule has 0 spiro atoms. The first-order chi connectivity index (χ1) is 7.76. The molecule has 0 bridgehead atoms. The molecule has 0 fully saturated rings. The molecular formula is C13H23N3. The van der Waals surface area contributed by atoms with Gasteiger partial charge in [-0.15, -0.1) is 0 Å². The van der Waals surface area contributed by atoms with Crippen molar-refractivity contribution in [2.45, 2.75) is 39.3 Å². The summed E-state index contributed by atoms with van der Waals surface area (Å²) in [6.45, 7) is 7.35. The number of pyridine rings is 1. The zero-order chi connectivity index (χ0) is 11.8. The van der Waals surface area contributed by atoms with E-state index in [1.807, 2.05) is 12.4 Å². The zero-order valence-electron chi connectivity index (χ0n) is 10.4. The van der Waals surface area contributed by atoms with Gasteiger partial charge in [0, 0.05) is 31.5 Å². The largest absolute Gasteiger partial charge is 0.327 e. The molecule has 90 valence electrons. The Labute approximate surface area is 98.7 Å². The number of nitrogens with zero attached hydrogens (tertiary/aromatic N) is 2. The number of hydrogen-bond donors (Lipinski definition) is 1. The first kappa shape index (κ1) is 13.1. The molecular weight excluding hydrogens is 198 g/mol. The lowest BCUT2D eigenvalue weighted by atomic mass is 10.1. The second-order valence-electron chi connectivity index (χ2n) is 4.23. The fourth-order valence-corrected chi connectivity index (χ4v) is 1.85. The van der Waals surface area contributed by atoms with Gasteiger partial charge in [0.15, 0.2) is 0 Å². The molecule has 1 heterocycles. The van der Waals surface area contributed by atoms with Crippen molar-refractivity contribution in [3.63, 3.8) is 0 Å². The van der Waals surface area contributed by atoms with E-state index in [0.717, 1.165) is 32.5 Å². The Bertz CT molecular complexity index is 274. The van der Waals surface area contributed by atoms with Gasteiger partial charge in [0.1, 0.15) is 0 Å². The van der Waals surface area contributed by atoms with Gasteiger partial charge in [-0.25, -0.2) is 0 Å². The average Bonchev–Trinajstić information content (AvgIpc) is 2.30. The summed E-state index contributed by atoms with van der Waals surface area (Å²) in [7, 11) is 0. The van der Waals surface area contributed by atoms with E-state index in [1.54, 1.807) is 0 Å². The number of nitrogens with two attached hydrogens (primary N) is 1. The lowest BCUT2D eigenvalue weighted by Crippen LogP contribution is -2.37. The predicted octanol–water partition coefficient (Wildman–Crippen LogP) is 2.03. The van der Waals surface area contributed by atoms with E-state index in [0.29, 0.717) is 6.04 Å². The van der Waals surface area contributed by atoms with Crippen LogP contribution in [0.2, 0.25) is 0 Å². The number of rotatable bonds is 7. The molecule has 3 heteroatoms. The molecule has 0 saturated carbocycles. The van der Waals surface area contributed by atoms with Gasteiger partial charge in [0.25, 0.3) is 0 Å². The Morgan fingerprint density at radius 2 is 2.00 bits per heavy atom. The Morgan fingerprint density at radius 3 is 2.56 bits per heavy atom. The van der Waals surface area contributed by atoms with E-state index in [2.05, 4.69) is 35.9 Å². The maximum Gasteiger partial charge on any atom is 0.0271 e. The Kier molecular flexibility index (Phi) is 6.04. The third-order valence-electron chi connectivity index (χ3n) is 2.75. The molecule has 0 aliphatic rings. The normalized spacial score (nSPS) is 13.0. The minimum absolute atomic E-state index is 0.298. The van der Waals surface area contributed by atoms with Crippen molar-refractivity contribution >= 4 is 0 Å². The van der Waals surface area contributed by atoms with Gasteiger partial charge in [-0.05, 0) is 30.7 Å². The Balaban J connectivity index is 2.43. The summed E-state index contributed by atoms with van der Waals surface area (Å²) in [6.07, 6.45) is 5.95. The van der Waals surface area contributed by atoms with Crippen LogP contribution >= 0.6 is 0 Å². The number of likely N-dealkylation sites (N-methyl/N-ethyl adjacent to an activating group) is 1. The molecule has 0 aromatic carbocycles. The summed E-state index contributed by atoms with van der Waals surface area (Å²) in [4.78, 5) is 6.41. The standard InChI is InChI=1S/C13H23N3/c1-3-5-13(14)11-16(4-2)10-12-6-8-15-9-7-12/h6-9,13H,3-5,10-11,14H2,1-2H3/t13-/m1/s1.